The maximum atomic E-state index is 13.3. The van der Waals surface area contributed by atoms with Crippen LogP contribution in [0.15, 0.2) is 18.2 Å². The predicted molar refractivity (Wildman–Crippen MR) is 59.9 cm³/mol. The zero-order chi connectivity index (χ0) is 12.3. The highest BCUT2D eigenvalue weighted by Crippen LogP contribution is 2.24. The molecular formula is C12H11ClFNO. The van der Waals surface area contributed by atoms with Gasteiger partial charge < -0.3 is 0 Å². The minimum atomic E-state index is -0.734. The van der Waals surface area contributed by atoms with Gasteiger partial charge in [0, 0.05) is 16.9 Å². The normalized spacial score (nSPS) is 10.9. The van der Waals surface area contributed by atoms with Gasteiger partial charge in [-0.25, -0.2) is 4.39 Å². The Kier molecular flexibility index (Phi) is 3.66. The number of nitrogens with zero attached hydrogens (tertiary/aromatic N) is 1. The lowest BCUT2D eigenvalue weighted by atomic mass is 9.86. The highest BCUT2D eigenvalue weighted by molar-refractivity contribution is 6.21. The lowest BCUT2D eigenvalue weighted by molar-refractivity contribution is 0.0861. The zero-order valence-electron chi connectivity index (χ0n) is 9.05. The molecule has 0 fully saturated rings. The van der Waals surface area contributed by atoms with Crippen molar-refractivity contribution in [2.24, 2.45) is 5.41 Å². The number of ketones is 1. The summed E-state index contributed by atoms with van der Waals surface area (Å²) in [7, 11) is 0. The van der Waals surface area contributed by atoms with Crippen LogP contribution in [0.25, 0.3) is 0 Å². The first kappa shape index (κ1) is 12.7. The van der Waals surface area contributed by atoms with Crippen molar-refractivity contribution in [2.45, 2.75) is 13.8 Å². The molecule has 0 atom stereocenters. The van der Waals surface area contributed by atoms with Gasteiger partial charge in [0.25, 0.3) is 0 Å². The van der Waals surface area contributed by atoms with Gasteiger partial charge in [0.2, 0.25) is 0 Å². The number of hydrogen-bond donors (Lipinski definition) is 0. The number of Topliss-reactive ketones (excluding diaryl/α,β-unsaturated/α-hetero) is 1. The highest BCUT2D eigenvalue weighted by atomic mass is 35.5. The summed E-state index contributed by atoms with van der Waals surface area (Å²) in [5, 5.41) is 8.56. The van der Waals surface area contributed by atoms with Crippen LogP contribution in [-0.2, 0) is 0 Å². The van der Waals surface area contributed by atoms with Crippen LogP contribution in [0.5, 0.6) is 0 Å². The van der Waals surface area contributed by atoms with E-state index >= 15 is 0 Å². The van der Waals surface area contributed by atoms with Crippen LogP contribution >= 0.6 is 11.6 Å². The average molecular weight is 240 g/mol. The minimum absolute atomic E-state index is 0.0692. The molecule has 0 spiro atoms. The first-order valence-electron chi connectivity index (χ1n) is 4.73. The summed E-state index contributed by atoms with van der Waals surface area (Å²) in [5.74, 6) is -0.752. The lowest BCUT2D eigenvalue weighted by Crippen LogP contribution is -2.26. The second kappa shape index (κ2) is 4.63. The van der Waals surface area contributed by atoms with Crippen molar-refractivity contribution in [1.29, 1.82) is 5.26 Å². The molecule has 1 rings (SSSR count). The number of carbonyl (C=O) groups is 1. The van der Waals surface area contributed by atoms with Crippen molar-refractivity contribution in [3.63, 3.8) is 0 Å². The molecule has 0 saturated carbocycles. The summed E-state index contributed by atoms with van der Waals surface area (Å²) in [6, 6.07) is 5.52. The van der Waals surface area contributed by atoms with Crippen LogP contribution in [0.4, 0.5) is 4.39 Å². The van der Waals surface area contributed by atoms with Gasteiger partial charge in [-0.1, -0.05) is 13.8 Å². The summed E-state index contributed by atoms with van der Waals surface area (Å²) in [5.41, 5.74) is -0.565. The Hall–Kier alpha value is -1.40. The van der Waals surface area contributed by atoms with Crippen molar-refractivity contribution in [3.05, 3.63) is 35.1 Å². The zero-order valence-corrected chi connectivity index (χ0v) is 9.81. The topological polar surface area (TPSA) is 40.9 Å². The molecule has 4 heteroatoms. The molecule has 0 saturated heterocycles. The van der Waals surface area contributed by atoms with Crippen LogP contribution < -0.4 is 0 Å². The number of alkyl halides is 1. The Bertz CT molecular complexity index is 463. The van der Waals surface area contributed by atoms with Gasteiger partial charge in [-0.3, -0.25) is 4.79 Å². The fraction of sp³-hybridized carbons (Fsp3) is 0.333. The standard InChI is InChI=1S/C12H11ClFNO/c1-12(2,7-13)11(16)8-3-4-9(6-15)10(14)5-8/h3-5H,7H2,1-2H3. The Morgan fingerprint density at radius 1 is 1.56 bits per heavy atom. The highest BCUT2D eigenvalue weighted by Gasteiger charge is 2.28. The van der Waals surface area contributed by atoms with Gasteiger partial charge >= 0.3 is 0 Å². The van der Waals surface area contributed by atoms with E-state index < -0.39 is 11.2 Å². The smallest absolute Gasteiger partial charge is 0.169 e. The van der Waals surface area contributed by atoms with E-state index in [1.807, 2.05) is 0 Å². The van der Waals surface area contributed by atoms with Gasteiger partial charge in [0.05, 0.1) is 5.56 Å². The van der Waals surface area contributed by atoms with E-state index in [2.05, 4.69) is 0 Å². The Morgan fingerprint density at radius 2 is 2.19 bits per heavy atom. The number of hydrogen-bond acceptors (Lipinski definition) is 2. The molecule has 0 radical (unpaired) electrons. The van der Waals surface area contributed by atoms with Crippen molar-refractivity contribution in [3.8, 4) is 6.07 Å². The van der Waals surface area contributed by atoms with Crippen LogP contribution in [0.3, 0.4) is 0 Å². The van der Waals surface area contributed by atoms with Gasteiger partial charge in [-0.2, -0.15) is 5.26 Å². The summed E-state index contributed by atoms with van der Waals surface area (Å²) < 4.78 is 13.3. The molecule has 0 unspecified atom stereocenters. The Labute approximate surface area is 98.6 Å². The molecule has 0 aromatic heterocycles. The first-order chi connectivity index (χ1) is 7.42. The largest absolute Gasteiger partial charge is 0.294 e. The molecule has 0 heterocycles. The molecule has 1 aromatic carbocycles. The molecule has 2 nitrogen and oxygen atoms in total. The van der Waals surface area contributed by atoms with Crippen molar-refractivity contribution >= 4 is 17.4 Å². The lowest BCUT2D eigenvalue weighted by Gasteiger charge is -2.19. The average Bonchev–Trinajstić information content (AvgIpc) is 2.27. The summed E-state index contributed by atoms with van der Waals surface area (Å²) >= 11 is 5.67. The fourth-order valence-electron chi connectivity index (χ4n) is 1.20. The van der Waals surface area contributed by atoms with Crippen LogP contribution in [0.1, 0.15) is 29.8 Å². The molecule has 84 valence electrons. The van der Waals surface area contributed by atoms with E-state index in [1.54, 1.807) is 19.9 Å². The third-order valence-corrected chi connectivity index (χ3v) is 2.97. The number of rotatable bonds is 3. The van der Waals surface area contributed by atoms with E-state index in [4.69, 9.17) is 16.9 Å². The molecular weight excluding hydrogens is 229 g/mol. The van der Waals surface area contributed by atoms with E-state index in [9.17, 15) is 9.18 Å². The Morgan fingerprint density at radius 3 is 2.62 bits per heavy atom. The van der Waals surface area contributed by atoms with Crippen LogP contribution in [-0.4, -0.2) is 11.7 Å². The molecule has 1 aromatic rings. The maximum Gasteiger partial charge on any atom is 0.169 e. The monoisotopic (exact) mass is 239 g/mol. The minimum Gasteiger partial charge on any atom is -0.294 e. The quantitative estimate of drug-likeness (QED) is 0.601. The third-order valence-electron chi connectivity index (χ3n) is 2.30. The van der Waals surface area contributed by atoms with Crippen molar-refractivity contribution in [1.82, 2.24) is 0 Å². The summed E-state index contributed by atoms with van der Waals surface area (Å²) in [6.45, 7) is 3.39. The number of nitriles is 1. The second-order valence-corrected chi connectivity index (χ2v) is 4.42. The number of halogens is 2. The predicted octanol–water partition coefficient (Wildman–Crippen LogP) is 3.15. The van der Waals surface area contributed by atoms with Crippen LogP contribution in [0, 0.1) is 22.6 Å². The molecule has 0 bridgehead atoms. The third kappa shape index (κ3) is 2.40. The number of benzene rings is 1. The fourth-order valence-corrected chi connectivity index (χ4v) is 1.32. The molecule has 0 aliphatic carbocycles. The van der Waals surface area contributed by atoms with E-state index in [0.29, 0.717) is 0 Å². The van der Waals surface area contributed by atoms with Gasteiger partial charge in [0.1, 0.15) is 11.9 Å². The van der Waals surface area contributed by atoms with Gasteiger partial charge in [-0.05, 0) is 18.2 Å². The maximum absolute atomic E-state index is 13.3. The van der Waals surface area contributed by atoms with E-state index in [1.165, 1.54) is 12.1 Å². The van der Waals surface area contributed by atoms with Gasteiger partial charge in [0.15, 0.2) is 5.78 Å². The summed E-state index contributed by atoms with van der Waals surface area (Å²) in [4.78, 5) is 11.9. The molecule has 0 aliphatic rings. The molecule has 0 aliphatic heterocycles. The first-order valence-corrected chi connectivity index (χ1v) is 5.26. The molecule has 0 amide bonds. The van der Waals surface area contributed by atoms with Gasteiger partial charge in [-0.15, -0.1) is 11.6 Å². The van der Waals surface area contributed by atoms with Crippen molar-refractivity contribution in [2.75, 3.05) is 5.88 Å². The van der Waals surface area contributed by atoms with Crippen LogP contribution in [0.2, 0.25) is 0 Å². The Balaban J connectivity index is 3.13. The second-order valence-electron chi connectivity index (χ2n) is 4.15. The molecule has 16 heavy (non-hydrogen) atoms. The molecule has 0 N–H and O–H groups in total. The van der Waals surface area contributed by atoms with E-state index in [0.717, 1.165) is 6.07 Å². The number of carbonyl (C=O) groups excluding carboxylic acids is 1. The SMILES string of the molecule is CC(C)(CCl)C(=O)c1ccc(C#N)c(F)c1. The van der Waals surface area contributed by atoms with Crippen molar-refractivity contribution < 1.29 is 9.18 Å². The summed E-state index contributed by atoms with van der Waals surface area (Å²) in [6.07, 6.45) is 0. The van der Waals surface area contributed by atoms with E-state index in [-0.39, 0.29) is 22.8 Å².